The molecule has 6 heteroatoms. The predicted molar refractivity (Wildman–Crippen MR) is 79.6 cm³/mol. The number of thiocarbonyl (C=S) groups is 1. The minimum atomic E-state index is -3.36. The Labute approximate surface area is 117 Å². The van der Waals surface area contributed by atoms with Crippen LogP contribution in [0, 0.1) is 6.92 Å². The van der Waals surface area contributed by atoms with Gasteiger partial charge in [-0.1, -0.05) is 48.6 Å². The van der Waals surface area contributed by atoms with Crippen LogP contribution in [-0.4, -0.2) is 23.4 Å². The van der Waals surface area contributed by atoms with Crippen LogP contribution in [0.5, 0.6) is 0 Å². The monoisotopic (exact) mass is 301 g/mol. The van der Waals surface area contributed by atoms with Crippen molar-refractivity contribution in [2.75, 3.05) is 0 Å². The van der Waals surface area contributed by atoms with Crippen molar-refractivity contribution < 1.29 is 8.42 Å². The second kappa shape index (κ2) is 5.19. The maximum absolute atomic E-state index is 12.5. The second-order valence-electron chi connectivity index (χ2n) is 4.44. The predicted octanol–water partition coefficient (Wildman–Crippen LogP) is 2.49. The van der Waals surface area contributed by atoms with Gasteiger partial charge in [0.25, 0.3) is 0 Å². The average molecular weight is 301 g/mol. The molecule has 0 aromatic heterocycles. The molecule has 2 unspecified atom stereocenters. The highest BCUT2D eigenvalue weighted by atomic mass is 32.2. The summed E-state index contributed by atoms with van der Waals surface area (Å²) in [6, 6.07) is 6.93. The summed E-state index contributed by atoms with van der Waals surface area (Å²) in [7, 11) is -3.36. The Bertz CT molecular complexity index is 551. The van der Waals surface area contributed by atoms with Crippen molar-refractivity contribution in [3.05, 3.63) is 29.8 Å². The zero-order valence-corrected chi connectivity index (χ0v) is 12.7. The molecule has 0 amide bonds. The first-order valence-electron chi connectivity index (χ1n) is 5.67. The van der Waals surface area contributed by atoms with E-state index in [-0.39, 0.29) is 5.25 Å². The number of nitrogens with one attached hydrogen (secondary N) is 1. The quantitative estimate of drug-likeness (QED) is 0.850. The molecule has 1 aromatic rings. The number of aryl methyl sites for hydroxylation is 1. The van der Waals surface area contributed by atoms with E-state index in [1.54, 1.807) is 12.1 Å². The lowest BCUT2D eigenvalue weighted by atomic mass is 10.2. The van der Waals surface area contributed by atoms with Crippen molar-refractivity contribution in [3.63, 3.8) is 0 Å². The summed E-state index contributed by atoms with van der Waals surface area (Å²) in [5.41, 5.74) is 1.05. The van der Waals surface area contributed by atoms with Gasteiger partial charge in [-0.3, -0.25) is 0 Å². The largest absolute Gasteiger partial charge is 0.354 e. The van der Waals surface area contributed by atoms with Crippen LogP contribution < -0.4 is 5.32 Å². The molecule has 0 bridgehead atoms. The Morgan fingerprint density at radius 2 is 1.94 bits per heavy atom. The molecule has 18 heavy (non-hydrogen) atoms. The molecule has 2 atom stereocenters. The lowest BCUT2D eigenvalue weighted by Gasteiger charge is -2.28. The van der Waals surface area contributed by atoms with E-state index in [9.17, 15) is 8.42 Å². The topological polar surface area (TPSA) is 46.2 Å². The van der Waals surface area contributed by atoms with Crippen molar-refractivity contribution >= 4 is 38.1 Å². The maximum atomic E-state index is 12.5. The lowest BCUT2D eigenvalue weighted by molar-refractivity contribution is 0.561. The third-order valence-corrected chi connectivity index (χ3v) is 6.18. The molecule has 1 fully saturated rings. The number of sulfone groups is 1. The van der Waals surface area contributed by atoms with Crippen LogP contribution in [0.1, 0.15) is 18.9 Å². The van der Waals surface area contributed by atoms with Crippen LogP contribution in [0.3, 0.4) is 0 Å². The highest BCUT2D eigenvalue weighted by Gasteiger charge is 2.33. The molecule has 1 aromatic carbocycles. The standard InChI is InChI=1S/C12H15NO2S3/c1-8-3-5-10(6-4-8)18(14,15)11-7-9(2)17-12(16)13-11/h3-6,9,11H,7H2,1-2H3,(H,13,16). The Kier molecular flexibility index (Phi) is 3.99. The Balaban J connectivity index is 2.30. The van der Waals surface area contributed by atoms with Crippen LogP contribution in [0.4, 0.5) is 0 Å². The van der Waals surface area contributed by atoms with Crippen molar-refractivity contribution in [1.82, 2.24) is 5.32 Å². The van der Waals surface area contributed by atoms with Crippen LogP contribution >= 0.6 is 24.0 Å². The first-order valence-corrected chi connectivity index (χ1v) is 8.51. The molecular weight excluding hydrogens is 286 g/mol. The van der Waals surface area contributed by atoms with Gasteiger partial charge >= 0.3 is 0 Å². The summed E-state index contributed by atoms with van der Waals surface area (Å²) in [4.78, 5) is 0.354. The van der Waals surface area contributed by atoms with Gasteiger partial charge in [0.05, 0.1) is 4.90 Å². The van der Waals surface area contributed by atoms with E-state index in [2.05, 4.69) is 5.32 Å². The van der Waals surface area contributed by atoms with Gasteiger partial charge in [-0.15, -0.1) is 0 Å². The van der Waals surface area contributed by atoms with E-state index >= 15 is 0 Å². The van der Waals surface area contributed by atoms with Gasteiger partial charge in [-0.2, -0.15) is 0 Å². The summed E-state index contributed by atoms with van der Waals surface area (Å²) in [6.45, 7) is 3.93. The van der Waals surface area contributed by atoms with Gasteiger partial charge in [0.2, 0.25) is 0 Å². The summed E-state index contributed by atoms with van der Waals surface area (Å²) in [6.07, 6.45) is 0.570. The molecule has 1 aliphatic rings. The number of hydrogen-bond acceptors (Lipinski definition) is 4. The molecule has 0 aliphatic carbocycles. The van der Waals surface area contributed by atoms with Gasteiger partial charge in [0.1, 0.15) is 9.69 Å². The van der Waals surface area contributed by atoms with Gasteiger partial charge in [-0.05, 0) is 25.5 Å². The van der Waals surface area contributed by atoms with Crippen molar-refractivity contribution in [2.45, 2.75) is 35.8 Å². The van der Waals surface area contributed by atoms with E-state index in [1.165, 1.54) is 11.8 Å². The average Bonchev–Trinajstić information content (AvgIpc) is 2.28. The van der Waals surface area contributed by atoms with Gasteiger partial charge < -0.3 is 5.32 Å². The number of rotatable bonds is 2. The fourth-order valence-corrected chi connectivity index (χ4v) is 5.28. The number of hydrogen-bond donors (Lipinski definition) is 1. The third-order valence-electron chi connectivity index (χ3n) is 2.86. The van der Waals surface area contributed by atoms with Crippen LogP contribution in [-0.2, 0) is 9.84 Å². The summed E-state index contributed by atoms with van der Waals surface area (Å²) in [5.74, 6) is 0. The van der Waals surface area contributed by atoms with Crippen molar-refractivity contribution in [2.24, 2.45) is 0 Å². The van der Waals surface area contributed by atoms with E-state index < -0.39 is 15.2 Å². The van der Waals surface area contributed by atoms with Crippen LogP contribution in [0.2, 0.25) is 0 Å². The summed E-state index contributed by atoms with van der Waals surface area (Å²) in [5, 5.41) is 2.53. The molecule has 3 nitrogen and oxygen atoms in total. The Morgan fingerprint density at radius 1 is 1.33 bits per heavy atom. The minimum absolute atomic E-state index is 0.226. The SMILES string of the molecule is Cc1ccc(S(=O)(=O)C2CC(C)SC(=S)N2)cc1. The molecule has 0 spiro atoms. The van der Waals surface area contributed by atoms with E-state index in [1.807, 2.05) is 26.0 Å². The smallest absolute Gasteiger partial charge is 0.199 e. The molecule has 1 saturated heterocycles. The zero-order chi connectivity index (χ0) is 13.3. The number of thioether (sulfide) groups is 1. The van der Waals surface area contributed by atoms with E-state index in [0.29, 0.717) is 15.6 Å². The van der Waals surface area contributed by atoms with E-state index in [0.717, 1.165) is 5.56 Å². The van der Waals surface area contributed by atoms with Gasteiger partial charge in [0.15, 0.2) is 9.84 Å². The van der Waals surface area contributed by atoms with Crippen LogP contribution in [0.15, 0.2) is 29.2 Å². The van der Waals surface area contributed by atoms with Gasteiger partial charge in [0, 0.05) is 5.25 Å². The Morgan fingerprint density at radius 3 is 2.50 bits per heavy atom. The van der Waals surface area contributed by atoms with Gasteiger partial charge in [-0.25, -0.2) is 8.42 Å². The minimum Gasteiger partial charge on any atom is -0.354 e. The Hall–Kier alpha value is -0.590. The summed E-state index contributed by atoms with van der Waals surface area (Å²) < 4.78 is 25.5. The lowest BCUT2D eigenvalue weighted by Crippen LogP contribution is -2.44. The summed E-state index contributed by atoms with van der Waals surface area (Å²) >= 11 is 6.60. The maximum Gasteiger partial charge on any atom is 0.199 e. The first-order chi connectivity index (χ1) is 8.39. The van der Waals surface area contributed by atoms with E-state index in [4.69, 9.17) is 12.2 Å². The fraction of sp³-hybridized carbons (Fsp3) is 0.417. The number of benzene rings is 1. The molecule has 0 saturated carbocycles. The fourth-order valence-electron chi connectivity index (χ4n) is 1.85. The zero-order valence-electron chi connectivity index (χ0n) is 10.2. The van der Waals surface area contributed by atoms with Crippen molar-refractivity contribution in [1.29, 1.82) is 0 Å². The highest BCUT2D eigenvalue weighted by molar-refractivity contribution is 8.23. The molecule has 1 aliphatic heterocycles. The molecule has 98 valence electrons. The normalized spacial score (nSPS) is 24.7. The molecule has 2 rings (SSSR count). The second-order valence-corrected chi connectivity index (χ2v) is 8.69. The van der Waals surface area contributed by atoms with Crippen molar-refractivity contribution in [3.8, 4) is 0 Å². The first kappa shape index (κ1) is 13.8. The molecule has 1 N–H and O–H groups in total. The molecular formula is C12H15NO2S3. The molecule has 1 heterocycles. The van der Waals surface area contributed by atoms with Crippen LogP contribution in [0.25, 0.3) is 0 Å². The molecule has 0 radical (unpaired) electrons. The third kappa shape index (κ3) is 2.87. The highest BCUT2D eigenvalue weighted by Crippen LogP contribution is 2.28.